The molecule has 8 aromatic carbocycles. The molecule has 4 heteroatoms. The first-order valence-electron chi connectivity index (χ1n) is 17.2. The summed E-state index contributed by atoms with van der Waals surface area (Å²) >= 11 is 0. The summed E-state index contributed by atoms with van der Waals surface area (Å²) in [5.41, 5.74) is 8.67. The van der Waals surface area contributed by atoms with E-state index < -0.39 is 0 Å². The molecule has 0 aliphatic rings. The van der Waals surface area contributed by atoms with Crippen molar-refractivity contribution in [2.45, 2.75) is 0 Å². The minimum Gasteiger partial charge on any atom is -0.308 e. The molecule has 4 nitrogen and oxygen atoms in total. The third-order valence-electron chi connectivity index (χ3n) is 9.86. The molecule has 10 aromatic rings. The molecular formula is C47H30N4. The van der Waals surface area contributed by atoms with Gasteiger partial charge >= 0.3 is 0 Å². The third kappa shape index (κ3) is 4.88. The first-order chi connectivity index (χ1) is 25.3. The van der Waals surface area contributed by atoms with Crippen LogP contribution in [-0.4, -0.2) is 19.5 Å². The predicted molar refractivity (Wildman–Crippen MR) is 211 cm³/mol. The lowest BCUT2D eigenvalue weighted by molar-refractivity contribution is 1.08. The van der Waals surface area contributed by atoms with E-state index in [0.29, 0.717) is 17.5 Å². The second kappa shape index (κ2) is 11.9. The van der Waals surface area contributed by atoms with Gasteiger partial charge < -0.3 is 4.57 Å². The summed E-state index contributed by atoms with van der Waals surface area (Å²) in [5.74, 6) is 1.92. The van der Waals surface area contributed by atoms with Crippen LogP contribution in [0.4, 0.5) is 0 Å². The number of fused-ring (bicyclic) bond motifs is 6. The van der Waals surface area contributed by atoms with Crippen molar-refractivity contribution in [3.05, 3.63) is 182 Å². The van der Waals surface area contributed by atoms with Crippen molar-refractivity contribution in [1.29, 1.82) is 0 Å². The molecule has 0 aliphatic carbocycles. The van der Waals surface area contributed by atoms with Gasteiger partial charge in [0.1, 0.15) is 0 Å². The molecular weight excluding hydrogens is 621 g/mol. The van der Waals surface area contributed by atoms with E-state index in [0.717, 1.165) is 38.7 Å². The maximum Gasteiger partial charge on any atom is 0.164 e. The topological polar surface area (TPSA) is 43.6 Å². The maximum absolute atomic E-state index is 5.16. The summed E-state index contributed by atoms with van der Waals surface area (Å²) in [6.07, 6.45) is 0. The number of nitrogens with zero attached hydrogens (tertiary/aromatic N) is 4. The van der Waals surface area contributed by atoms with Crippen molar-refractivity contribution in [2.75, 3.05) is 0 Å². The van der Waals surface area contributed by atoms with Crippen LogP contribution >= 0.6 is 0 Å². The molecule has 0 atom stereocenters. The normalized spacial score (nSPS) is 11.5. The van der Waals surface area contributed by atoms with Crippen LogP contribution in [0.5, 0.6) is 0 Å². The van der Waals surface area contributed by atoms with Crippen molar-refractivity contribution in [1.82, 2.24) is 19.5 Å². The van der Waals surface area contributed by atoms with Gasteiger partial charge in [0.05, 0.1) is 16.7 Å². The van der Waals surface area contributed by atoms with Crippen LogP contribution in [-0.2, 0) is 0 Å². The van der Waals surface area contributed by atoms with Gasteiger partial charge in [-0.2, -0.15) is 0 Å². The minimum atomic E-state index is 0.639. The van der Waals surface area contributed by atoms with Crippen molar-refractivity contribution in [2.24, 2.45) is 0 Å². The Kier molecular flexibility index (Phi) is 6.78. The van der Waals surface area contributed by atoms with Crippen molar-refractivity contribution < 1.29 is 0 Å². The summed E-state index contributed by atoms with van der Waals surface area (Å²) in [4.78, 5) is 15.3. The maximum atomic E-state index is 5.16. The Balaban J connectivity index is 1.19. The monoisotopic (exact) mass is 650 g/mol. The van der Waals surface area contributed by atoms with E-state index in [-0.39, 0.29) is 0 Å². The van der Waals surface area contributed by atoms with E-state index in [1.165, 1.54) is 38.1 Å². The lowest BCUT2D eigenvalue weighted by atomic mass is 10.0. The van der Waals surface area contributed by atoms with Crippen molar-refractivity contribution in [3.8, 4) is 51.0 Å². The Morgan fingerprint density at radius 2 is 0.843 bits per heavy atom. The summed E-state index contributed by atoms with van der Waals surface area (Å²) in [6, 6.07) is 63.9. The molecule has 0 aliphatic heterocycles. The zero-order valence-electron chi connectivity index (χ0n) is 27.6. The molecule has 2 heterocycles. The first-order valence-corrected chi connectivity index (χ1v) is 17.2. The molecule has 0 spiro atoms. The Labute approximate surface area is 295 Å². The van der Waals surface area contributed by atoms with Gasteiger partial charge in [-0.1, -0.05) is 164 Å². The van der Waals surface area contributed by atoms with Gasteiger partial charge in [-0.05, 0) is 40.1 Å². The van der Waals surface area contributed by atoms with Gasteiger partial charge in [0.25, 0.3) is 0 Å². The molecule has 0 saturated carbocycles. The Hall–Kier alpha value is -6.91. The van der Waals surface area contributed by atoms with Crippen LogP contribution in [0.3, 0.4) is 0 Å². The smallest absolute Gasteiger partial charge is 0.164 e. The van der Waals surface area contributed by atoms with Crippen molar-refractivity contribution >= 4 is 43.4 Å². The zero-order valence-corrected chi connectivity index (χ0v) is 27.6. The molecule has 0 unspecified atom stereocenters. The van der Waals surface area contributed by atoms with E-state index in [4.69, 9.17) is 15.0 Å². The number of hydrogen-bond acceptors (Lipinski definition) is 3. The van der Waals surface area contributed by atoms with Crippen LogP contribution in [0.1, 0.15) is 0 Å². The molecule has 0 amide bonds. The average molecular weight is 651 g/mol. The number of para-hydroxylation sites is 1. The number of benzene rings is 8. The summed E-state index contributed by atoms with van der Waals surface area (Å²) < 4.78 is 2.43. The van der Waals surface area contributed by atoms with Crippen LogP contribution in [0.15, 0.2) is 182 Å². The van der Waals surface area contributed by atoms with E-state index in [1.54, 1.807) is 0 Å². The van der Waals surface area contributed by atoms with Gasteiger partial charge in [0.15, 0.2) is 17.5 Å². The molecule has 2 aromatic heterocycles. The van der Waals surface area contributed by atoms with Gasteiger partial charge in [-0.25, -0.2) is 15.0 Å². The van der Waals surface area contributed by atoms with E-state index in [2.05, 4.69) is 162 Å². The molecule has 0 fully saturated rings. The lowest BCUT2D eigenvalue weighted by Crippen LogP contribution is -2.02. The van der Waals surface area contributed by atoms with Gasteiger partial charge in [-0.3, -0.25) is 0 Å². The molecule has 238 valence electrons. The second-order valence-corrected chi connectivity index (χ2v) is 12.8. The highest BCUT2D eigenvalue weighted by Gasteiger charge is 2.19. The largest absolute Gasteiger partial charge is 0.308 e. The SMILES string of the molecule is c1ccc(-c2ccc(-c3nc(-c4ccccc4)nc(-c4ccc(-n5c6ccccc6c6ccc7ccccc7c65)c5ccccc45)n3)cc2)cc1. The second-order valence-electron chi connectivity index (χ2n) is 12.8. The summed E-state index contributed by atoms with van der Waals surface area (Å²) in [7, 11) is 0. The number of rotatable bonds is 5. The Morgan fingerprint density at radius 1 is 0.314 bits per heavy atom. The molecule has 10 rings (SSSR count). The average Bonchev–Trinajstić information content (AvgIpc) is 3.56. The molecule has 0 bridgehead atoms. The lowest BCUT2D eigenvalue weighted by Gasteiger charge is -2.16. The Bertz CT molecular complexity index is 2890. The van der Waals surface area contributed by atoms with Gasteiger partial charge in [0.2, 0.25) is 0 Å². The third-order valence-corrected chi connectivity index (χ3v) is 9.86. The molecule has 0 N–H and O–H groups in total. The number of hydrogen-bond donors (Lipinski definition) is 0. The summed E-state index contributed by atoms with van der Waals surface area (Å²) in [5, 5.41) is 7.13. The molecule has 51 heavy (non-hydrogen) atoms. The molecule has 0 radical (unpaired) electrons. The van der Waals surface area contributed by atoms with Gasteiger partial charge in [0, 0.05) is 38.2 Å². The van der Waals surface area contributed by atoms with Crippen LogP contribution < -0.4 is 0 Å². The van der Waals surface area contributed by atoms with Crippen LogP contribution in [0.25, 0.3) is 94.3 Å². The highest BCUT2D eigenvalue weighted by Crippen LogP contribution is 2.40. The van der Waals surface area contributed by atoms with Crippen LogP contribution in [0, 0.1) is 0 Å². The quantitative estimate of drug-likeness (QED) is 0.186. The fourth-order valence-corrected chi connectivity index (χ4v) is 7.44. The fourth-order valence-electron chi connectivity index (χ4n) is 7.44. The molecule has 0 saturated heterocycles. The standard InChI is InChI=1S/C47H30N4/c1-3-13-31(14-4-1)32-23-25-35(26-24-32)46-48-45(34-16-5-2-6-17-34)49-47(50-46)41-29-30-43(38-20-10-9-19-37(38)41)51-42-22-12-11-21-39(42)40-28-27-33-15-7-8-18-36(33)44(40)51/h1-30H. The number of aromatic nitrogens is 4. The summed E-state index contributed by atoms with van der Waals surface area (Å²) in [6.45, 7) is 0. The highest BCUT2D eigenvalue weighted by molar-refractivity contribution is 6.19. The van der Waals surface area contributed by atoms with Crippen LogP contribution in [0.2, 0.25) is 0 Å². The minimum absolute atomic E-state index is 0.639. The Morgan fingerprint density at radius 3 is 1.59 bits per heavy atom. The van der Waals surface area contributed by atoms with E-state index >= 15 is 0 Å². The van der Waals surface area contributed by atoms with Gasteiger partial charge in [-0.15, -0.1) is 0 Å². The van der Waals surface area contributed by atoms with Crippen molar-refractivity contribution in [3.63, 3.8) is 0 Å². The fraction of sp³-hybridized carbons (Fsp3) is 0. The zero-order chi connectivity index (χ0) is 33.7. The van der Waals surface area contributed by atoms with E-state index in [9.17, 15) is 0 Å². The highest BCUT2D eigenvalue weighted by atomic mass is 15.0. The van der Waals surface area contributed by atoms with E-state index in [1.807, 2.05) is 24.3 Å². The predicted octanol–water partition coefficient (Wildman–Crippen LogP) is 11.9. The first kappa shape index (κ1) is 29.0.